The molecule has 0 atom stereocenters. The van der Waals surface area contributed by atoms with Crippen molar-refractivity contribution in [2.24, 2.45) is 0 Å². The van der Waals surface area contributed by atoms with E-state index in [4.69, 9.17) is 11.6 Å². The van der Waals surface area contributed by atoms with Crippen LogP contribution in [-0.2, 0) is 0 Å². The second kappa shape index (κ2) is 1.99. The standard InChI is InChI=1S/C7H5ClN2/c8-6-1-2-7-3-4-9-10(7)5-6/h1-5H. The average molecular weight is 153 g/mol. The van der Waals surface area contributed by atoms with Crippen molar-refractivity contribution < 1.29 is 0 Å². The van der Waals surface area contributed by atoms with Gasteiger partial charge in [0.25, 0.3) is 0 Å². The van der Waals surface area contributed by atoms with Gasteiger partial charge in [-0.05, 0) is 18.2 Å². The number of halogens is 1. The lowest BCUT2D eigenvalue weighted by molar-refractivity contribution is 0.961. The molecule has 0 aliphatic carbocycles. The molecule has 0 aliphatic heterocycles. The van der Waals surface area contributed by atoms with Gasteiger partial charge in [0, 0.05) is 12.4 Å². The van der Waals surface area contributed by atoms with E-state index < -0.39 is 0 Å². The summed E-state index contributed by atoms with van der Waals surface area (Å²) in [5, 5.41) is 4.72. The Balaban J connectivity index is 2.86. The lowest BCUT2D eigenvalue weighted by Gasteiger charge is -1.91. The minimum atomic E-state index is 0.705. The van der Waals surface area contributed by atoms with Crippen LogP contribution in [0.2, 0.25) is 5.02 Å². The highest BCUT2D eigenvalue weighted by Crippen LogP contribution is 2.09. The van der Waals surface area contributed by atoms with Crippen LogP contribution in [0.5, 0.6) is 0 Å². The van der Waals surface area contributed by atoms with Gasteiger partial charge in [-0.25, -0.2) is 4.52 Å². The largest absolute Gasteiger partial charge is 0.239 e. The van der Waals surface area contributed by atoms with Crippen molar-refractivity contribution in [2.45, 2.75) is 0 Å². The molecule has 2 aromatic heterocycles. The molecule has 3 heteroatoms. The van der Waals surface area contributed by atoms with Gasteiger partial charge in [-0.2, -0.15) is 5.10 Å². The molecule has 2 heterocycles. The van der Waals surface area contributed by atoms with Gasteiger partial charge in [-0.15, -0.1) is 0 Å². The Morgan fingerprint density at radius 1 is 1.30 bits per heavy atom. The Morgan fingerprint density at radius 2 is 2.20 bits per heavy atom. The molecule has 0 saturated heterocycles. The molecule has 0 N–H and O–H groups in total. The van der Waals surface area contributed by atoms with E-state index in [9.17, 15) is 0 Å². The molecule has 0 bridgehead atoms. The number of aromatic nitrogens is 2. The average Bonchev–Trinajstić information content (AvgIpc) is 2.33. The van der Waals surface area contributed by atoms with Crippen molar-refractivity contribution in [3.05, 3.63) is 35.6 Å². The highest BCUT2D eigenvalue weighted by atomic mass is 35.5. The van der Waals surface area contributed by atoms with Gasteiger partial charge in [0.2, 0.25) is 0 Å². The second-order valence-corrected chi connectivity index (χ2v) is 2.48. The zero-order valence-electron chi connectivity index (χ0n) is 5.16. The molecule has 0 spiro atoms. The van der Waals surface area contributed by atoms with Crippen LogP contribution in [0, 0.1) is 0 Å². The van der Waals surface area contributed by atoms with Crippen LogP contribution in [-0.4, -0.2) is 9.61 Å². The highest BCUT2D eigenvalue weighted by molar-refractivity contribution is 6.30. The van der Waals surface area contributed by atoms with E-state index in [2.05, 4.69) is 5.10 Å². The fourth-order valence-corrected chi connectivity index (χ4v) is 1.04. The van der Waals surface area contributed by atoms with Gasteiger partial charge in [0.15, 0.2) is 0 Å². The molecule has 10 heavy (non-hydrogen) atoms. The summed E-state index contributed by atoms with van der Waals surface area (Å²) in [5.74, 6) is 0. The summed E-state index contributed by atoms with van der Waals surface area (Å²) in [6.07, 6.45) is 3.52. The molecule has 0 radical (unpaired) electrons. The van der Waals surface area contributed by atoms with Crippen molar-refractivity contribution in [1.82, 2.24) is 9.61 Å². The second-order valence-electron chi connectivity index (χ2n) is 2.05. The Morgan fingerprint density at radius 3 is 3.10 bits per heavy atom. The first-order valence-electron chi connectivity index (χ1n) is 2.95. The van der Waals surface area contributed by atoms with Crippen LogP contribution in [0.1, 0.15) is 0 Å². The van der Waals surface area contributed by atoms with E-state index in [1.165, 1.54) is 0 Å². The molecular formula is C7H5ClN2. The number of hydrogen-bond acceptors (Lipinski definition) is 1. The molecule has 0 saturated carbocycles. The van der Waals surface area contributed by atoms with Crippen LogP contribution in [0.25, 0.3) is 5.52 Å². The summed E-state index contributed by atoms with van der Waals surface area (Å²) in [6.45, 7) is 0. The van der Waals surface area contributed by atoms with Crippen LogP contribution in [0.4, 0.5) is 0 Å². The molecule has 2 nitrogen and oxygen atoms in total. The number of rotatable bonds is 0. The lowest BCUT2D eigenvalue weighted by Crippen LogP contribution is -1.83. The Hall–Kier alpha value is -1.02. The molecular weight excluding hydrogens is 148 g/mol. The van der Waals surface area contributed by atoms with Gasteiger partial charge in [-0.3, -0.25) is 0 Å². The van der Waals surface area contributed by atoms with E-state index in [1.54, 1.807) is 16.9 Å². The third-order valence-corrected chi connectivity index (χ3v) is 1.58. The molecule has 0 unspecified atom stereocenters. The predicted molar refractivity (Wildman–Crippen MR) is 40.2 cm³/mol. The minimum Gasteiger partial charge on any atom is -0.239 e. The van der Waals surface area contributed by atoms with Crippen molar-refractivity contribution in [1.29, 1.82) is 0 Å². The quantitative estimate of drug-likeness (QED) is 0.564. The van der Waals surface area contributed by atoms with E-state index >= 15 is 0 Å². The first-order valence-corrected chi connectivity index (χ1v) is 3.33. The third kappa shape index (κ3) is 0.772. The topological polar surface area (TPSA) is 17.3 Å². The van der Waals surface area contributed by atoms with Crippen LogP contribution < -0.4 is 0 Å². The summed E-state index contributed by atoms with van der Waals surface area (Å²) < 4.78 is 1.74. The summed E-state index contributed by atoms with van der Waals surface area (Å²) in [4.78, 5) is 0. The number of hydrogen-bond donors (Lipinski definition) is 0. The minimum absolute atomic E-state index is 0.705. The van der Waals surface area contributed by atoms with Crippen molar-refractivity contribution in [3.8, 4) is 0 Å². The van der Waals surface area contributed by atoms with Gasteiger partial charge in [0.1, 0.15) is 0 Å². The predicted octanol–water partition coefficient (Wildman–Crippen LogP) is 1.99. The smallest absolute Gasteiger partial charge is 0.0662 e. The normalized spacial score (nSPS) is 10.5. The van der Waals surface area contributed by atoms with E-state index in [0.29, 0.717) is 5.02 Å². The van der Waals surface area contributed by atoms with E-state index in [0.717, 1.165) is 5.52 Å². The van der Waals surface area contributed by atoms with Crippen molar-refractivity contribution >= 4 is 17.1 Å². The molecule has 2 rings (SSSR count). The highest BCUT2D eigenvalue weighted by Gasteiger charge is 1.91. The fraction of sp³-hybridized carbons (Fsp3) is 0. The lowest BCUT2D eigenvalue weighted by atomic mass is 10.4. The number of pyridine rings is 1. The van der Waals surface area contributed by atoms with Crippen LogP contribution in [0.15, 0.2) is 30.6 Å². The molecule has 0 fully saturated rings. The molecule has 2 aromatic rings. The van der Waals surface area contributed by atoms with Gasteiger partial charge in [-0.1, -0.05) is 11.6 Å². The first-order chi connectivity index (χ1) is 4.86. The van der Waals surface area contributed by atoms with Gasteiger partial charge >= 0.3 is 0 Å². The third-order valence-electron chi connectivity index (χ3n) is 1.36. The summed E-state index contributed by atoms with van der Waals surface area (Å²) in [7, 11) is 0. The summed E-state index contributed by atoms with van der Waals surface area (Å²) >= 11 is 5.71. The molecule has 0 aliphatic rings. The van der Waals surface area contributed by atoms with Gasteiger partial charge < -0.3 is 0 Å². The number of nitrogens with zero attached hydrogens (tertiary/aromatic N) is 2. The zero-order chi connectivity index (χ0) is 6.97. The maximum Gasteiger partial charge on any atom is 0.0662 e. The molecule has 50 valence electrons. The maximum absolute atomic E-state index is 5.71. The summed E-state index contributed by atoms with van der Waals surface area (Å²) in [6, 6.07) is 5.70. The SMILES string of the molecule is Clc1ccc2ccnn2c1. The van der Waals surface area contributed by atoms with Crippen LogP contribution >= 0.6 is 11.6 Å². The number of fused-ring (bicyclic) bond motifs is 1. The Kier molecular flexibility index (Phi) is 1.14. The maximum atomic E-state index is 5.71. The van der Waals surface area contributed by atoms with Crippen LogP contribution in [0.3, 0.4) is 0 Å². The monoisotopic (exact) mass is 152 g/mol. The Bertz CT molecular complexity index is 353. The van der Waals surface area contributed by atoms with Crippen molar-refractivity contribution in [3.63, 3.8) is 0 Å². The first kappa shape index (κ1) is 5.74. The van der Waals surface area contributed by atoms with Crippen molar-refractivity contribution in [2.75, 3.05) is 0 Å². The molecule has 0 aromatic carbocycles. The van der Waals surface area contributed by atoms with Gasteiger partial charge in [0.05, 0.1) is 10.5 Å². The van der Waals surface area contributed by atoms with E-state index in [1.807, 2.05) is 18.2 Å². The molecule has 0 amide bonds. The zero-order valence-corrected chi connectivity index (χ0v) is 5.92. The Labute approximate surface area is 63.0 Å². The van der Waals surface area contributed by atoms with E-state index in [-0.39, 0.29) is 0 Å². The summed E-state index contributed by atoms with van der Waals surface area (Å²) in [5.41, 5.74) is 1.06. The fourth-order valence-electron chi connectivity index (χ4n) is 0.889.